The number of imidazole rings is 1. The molecular formula is C22H19BrClN3O. The molecule has 4 aromatic rings. The molecule has 1 heterocycles. The van der Waals surface area contributed by atoms with Gasteiger partial charge in [0.15, 0.2) is 0 Å². The van der Waals surface area contributed by atoms with Crippen molar-refractivity contribution in [3.8, 4) is 5.75 Å². The maximum absolute atomic E-state index is 5.91. The Bertz CT molecular complexity index is 1050. The second-order valence-corrected chi connectivity index (χ2v) is 7.77. The first-order valence-corrected chi connectivity index (χ1v) is 10.1. The summed E-state index contributed by atoms with van der Waals surface area (Å²) in [5, 5.41) is 4.15. The van der Waals surface area contributed by atoms with Gasteiger partial charge in [0.25, 0.3) is 0 Å². The average molecular weight is 457 g/mol. The zero-order valence-electron chi connectivity index (χ0n) is 15.1. The van der Waals surface area contributed by atoms with Crippen molar-refractivity contribution in [1.82, 2.24) is 15.3 Å². The fourth-order valence-corrected chi connectivity index (χ4v) is 3.59. The fourth-order valence-electron chi connectivity index (χ4n) is 2.93. The number of aromatic amines is 1. The van der Waals surface area contributed by atoms with Crippen LogP contribution in [0.2, 0.25) is 5.02 Å². The Morgan fingerprint density at radius 3 is 2.54 bits per heavy atom. The number of hydrogen-bond donors (Lipinski definition) is 2. The highest BCUT2D eigenvalue weighted by Crippen LogP contribution is 2.27. The van der Waals surface area contributed by atoms with Crippen LogP contribution in [0.25, 0.3) is 11.0 Å². The van der Waals surface area contributed by atoms with Crippen molar-refractivity contribution >= 4 is 38.6 Å². The third kappa shape index (κ3) is 4.73. The molecule has 4 nitrogen and oxygen atoms in total. The maximum atomic E-state index is 5.91. The molecule has 6 heteroatoms. The van der Waals surface area contributed by atoms with E-state index in [1.807, 2.05) is 54.6 Å². The summed E-state index contributed by atoms with van der Waals surface area (Å²) < 4.78 is 6.83. The second-order valence-electron chi connectivity index (χ2n) is 6.48. The fraction of sp³-hybridized carbons (Fsp3) is 0.136. The summed E-state index contributed by atoms with van der Waals surface area (Å²) in [6, 6.07) is 21.8. The highest BCUT2D eigenvalue weighted by Gasteiger charge is 2.05. The number of para-hydroxylation sites is 2. The molecular weight excluding hydrogens is 438 g/mol. The van der Waals surface area contributed by atoms with E-state index in [-0.39, 0.29) is 0 Å². The number of H-pyrrole nitrogens is 1. The molecule has 0 radical (unpaired) electrons. The SMILES string of the molecule is Clc1ccc(COc2ccc(CNCc3nc4ccccc4[nH]3)cc2Br)cc1. The van der Waals surface area contributed by atoms with Gasteiger partial charge in [0.2, 0.25) is 0 Å². The van der Waals surface area contributed by atoms with Crippen molar-refractivity contribution in [2.75, 3.05) is 0 Å². The number of nitrogens with one attached hydrogen (secondary N) is 2. The van der Waals surface area contributed by atoms with Crippen molar-refractivity contribution in [3.05, 3.63) is 93.2 Å². The first-order chi connectivity index (χ1) is 13.7. The molecule has 3 aromatic carbocycles. The van der Waals surface area contributed by atoms with Crippen molar-refractivity contribution in [2.24, 2.45) is 0 Å². The van der Waals surface area contributed by atoms with Crippen LogP contribution in [0.1, 0.15) is 17.0 Å². The van der Waals surface area contributed by atoms with Crippen LogP contribution in [-0.4, -0.2) is 9.97 Å². The molecule has 28 heavy (non-hydrogen) atoms. The molecule has 0 bridgehead atoms. The zero-order chi connectivity index (χ0) is 19.3. The van der Waals surface area contributed by atoms with E-state index in [1.54, 1.807) is 0 Å². The number of aromatic nitrogens is 2. The molecule has 0 aliphatic rings. The van der Waals surface area contributed by atoms with Crippen LogP contribution in [-0.2, 0) is 19.7 Å². The lowest BCUT2D eigenvalue weighted by molar-refractivity contribution is 0.304. The van der Waals surface area contributed by atoms with Gasteiger partial charge in [0.05, 0.1) is 22.1 Å². The Morgan fingerprint density at radius 1 is 0.964 bits per heavy atom. The van der Waals surface area contributed by atoms with Gasteiger partial charge in [-0.05, 0) is 63.5 Å². The first kappa shape index (κ1) is 19.0. The van der Waals surface area contributed by atoms with Crippen LogP contribution in [0.4, 0.5) is 0 Å². The summed E-state index contributed by atoms with van der Waals surface area (Å²) >= 11 is 9.51. The van der Waals surface area contributed by atoms with E-state index in [9.17, 15) is 0 Å². The third-order valence-corrected chi connectivity index (χ3v) is 5.24. The normalized spacial score (nSPS) is 11.1. The molecule has 1 aromatic heterocycles. The lowest BCUT2D eigenvalue weighted by atomic mass is 10.2. The number of hydrogen-bond acceptors (Lipinski definition) is 3. The van der Waals surface area contributed by atoms with Gasteiger partial charge in [-0.2, -0.15) is 0 Å². The highest BCUT2D eigenvalue weighted by atomic mass is 79.9. The van der Waals surface area contributed by atoms with E-state index in [2.05, 4.69) is 43.3 Å². The van der Waals surface area contributed by atoms with Crippen molar-refractivity contribution in [1.29, 1.82) is 0 Å². The average Bonchev–Trinajstić information content (AvgIpc) is 3.11. The van der Waals surface area contributed by atoms with Gasteiger partial charge in [0, 0.05) is 11.6 Å². The number of fused-ring (bicyclic) bond motifs is 1. The number of halogens is 2. The summed E-state index contributed by atoms with van der Waals surface area (Å²) in [7, 11) is 0. The van der Waals surface area contributed by atoms with E-state index in [4.69, 9.17) is 16.3 Å². The molecule has 0 unspecified atom stereocenters. The van der Waals surface area contributed by atoms with Crippen LogP contribution in [0.5, 0.6) is 5.75 Å². The van der Waals surface area contributed by atoms with Gasteiger partial charge in [0.1, 0.15) is 18.2 Å². The number of benzene rings is 3. The summed E-state index contributed by atoms with van der Waals surface area (Å²) in [6.45, 7) is 1.92. The van der Waals surface area contributed by atoms with Gasteiger partial charge in [-0.25, -0.2) is 4.98 Å². The Hall–Kier alpha value is -2.34. The lowest BCUT2D eigenvalue weighted by Crippen LogP contribution is -2.13. The summed E-state index contributed by atoms with van der Waals surface area (Å²) in [4.78, 5) is 7.91. The van der Waals surface area contributed by atoms with Gasteiger partial charge in [-0.3, -0.25) is 0 Å². The molecule has 0 saturated heterocycles. The van der Waals surface area contributed by atoms with Crippen LogP contribution in [0.15, 0.2) is 71.2 Å². The van der Waals surface area contributed by atoms with Gasteiger partial charge in [-0.15, -0.1) is 0 Å². The van der Waals surface area contributed by atoms with E-state index >= 15 is 0 Å². The summed E-state index contributed by atoms with van der Waals surface area (Å²) in [5.74, 6) is 1.75. The van der Waals surface area contributed by atoms with E-state index < -0.39 is 0 Å². The third-order valence-electron chi connectivity index (χ3n) is 4.36. The van der Waals surface area contributed by atoms with Crippen molar-refractivity contribution < 1.29 is 4.74 Å². The maximum Gasteiger partial charge on any atom is 0.134 e. The van der Waals surface area contributed by atoms with Crippen LogP contribution in [0, 0.1) is 0 Å². The van der Waals surface area contributed by atoms with Crippen molar-refractivity contribution in [3.63, 3.8) is 0 Å². The smallest absolute Gasteiger partial charge is 0.134 e. The minimum atomic E-state index is 0.499. The molecule has 0 aliphatic heterocycles. The molecule has 0 atom stereocenters. The van der Waals surface area contributed by atoms with Crippen LogP contribution >= 0.6 is 27.5 Å². The monoisotopic (exact) mass is 455 g/mol. The molecule has 0 spiro atoms. The Kier molecular flexibility index (Phi) is 5.95. The first-order valence-electron chi connectivity index (χ1n) is 8.97. The van der Waals surface area contributed by atoms with E-state index in [0.717, 1.165) is 44.2 Å². The molecule has 0 saturated carbocycles. The van der Waals surface area contributed by atoms with E-state index in [0.29, 0.717) is 13.2 Å². The summed E-state index contributed by atoms with van der Waals surface area (Å²) in [6.07, 6.45) is 0. The predicted molar refractivity (Wildman–Crippen MR) is 117 cm³/mol. The van der Waals surface area contributed by atoms with Crippen LogP contribution in [0.3, 0.4) is 0 Å². The Balaban J connectivity index is 1.31. The second kappa shape index (κ2) is 8.78. The molecule has 0 fully saturated rings. The molecule has 2 N–H and O–H groups in total. The number of ether oxygens (including phenoxy) is 1. The standard InChI is InChI=1S/C22H19BrClN3O/c23-18-11-16(7-10-21(18)28-14-15-5-8-17(24)9-6-15)12-25-13-22-26-19-3-1-2-4-20(19)27-22/h1-11,25H,12-14H2,(H,26,27). The minimum Gasteiger partial charge on any atom is -0.488 e. The van der Waals surface area contributed by atoms with Gasteiger partial charge < -0.3 is 15.0 Å². The van der Waals surface area contributed by atoms with Gasteiger partial charge >= 0.3 is 0 Å². The topological polar surface area (TPSA) is 49.9 Å². The number of nitrogens with zero attached hydrogens (tertiary/aromatic N) is 1. The molecule has 0 amide bonds. The predicted octanol–water partition coefficient (Wildman–Crippen LogP) is 5.85. The van der Waals surface area contributed by atoms with Gasteiger partial charge in [-0.1, -0.05) is 41.9 Å². The Morgan fingerprint density at radius 2 is 1.75 bits per heavy atom. The Labute approximate surface area is 177 Å². The van der Waals surface area contributed by atoms with Crippen molar-refractivity contribution in [2.45, 2.75) is 19.7 Å². The molecule has 4 rings (SSSR count). The number of rotatable bonds is 7. The lowest BCUT2D eigenvalue weighted by Gasteiger charge is -2.10. The minimum absolute atomic E-state index is 0.499. The van der Waals surface area contributed by atoms with E-state index in [1.165, 1.54) is 5.56 Å². The summed E-state index contributed by atoms with van der Waals surface area (Å²) in [5.41, 5.74) is 4.29. The van der Waals surface area contributed by atoms with Crippen LogP contribution < -0.4 is 10.1 Å². The molecule has 0 aliphatic carbocycles. The largest absolute Gasteiger partial charge is 0.488 e. The quantitative estimate of drug-likeness (QED) is 0.367. The molecule has 142 valence electrons. The highest BCUT2D eigenvalue weighted by molar-refractivity contribution is 9.10. The zero-order valence-corrected chi connectivity index (χ0v) is 17.4.